The first-order chi connectivity index (χ1) is 13.2. The van der Waals surface area contributed by atoms with Crippen molar-refractivity contribution < 1.29 is 22.9 Å². The molecule has 0 saturated heterocycles. The maximum Gasteiger partial charge on any atom is 0.358 e. The highest BCUT2D eigenvalue weighted by atomic mass is 32.2. The van der Waals surface area contributed by atoms with Crippen molar-refractivity contribution >= 4 is 22.7 Å². The molecule has 150 valence electrons. The quantitative estimate of drug-likeness (QED) is 0.511. The van der Waals surface area contributed by atoms with Crippen molar-refractivity contribution in [3.63, 3.8) is 0 Å². The van der Waals surface area contributed by atoms with Crippen molar-refractivity contribution in [1.29, 1.82) is 0 Å². The zero-order valence-corrected chi connectivity index (χ0v) is 17.2. The summed E-state index contributed by atoms with van der Waals surface area (Å²) >= 11 is 0. The molecule has 5 nitrogen and oxygen atoms in total. The summed E-state index contributed by atoms with van der Waals surface area (Å²) in [5.41, 5.74) is 0.562. The zero-order chi connectivity index (χ0) is 20.7. The van der Waals surface area contributed by atoms with E-state index in [9.17, 15) is 13.4 Å². The molecule has 0 N–H and O–H groups in total. The molecule has 0 saturated carbocycles. The van der Waals surface area contributed by atoms with Crippen molar-refractivity contribution in [3.8, 4) is 5.75 Å². The van der Waals surface area contributed by atoms with Crippen molar-refractivity contribution in [2.75, 3.05) is 6.61 Å². The van der Waals surface area contributed by atoms with Gasteiger partial charge >= 0.3 is 5.97 Å². The summed E-state index contributed by atoms with van der Waals surface area (Å²) in [7, 11) is -1.74. The number of nitrogens with zero attached hydrogens (tertiary/aromatic N) is 1. The van der Waals surface area contributed by atoms with Gasteiger partial charge in [0.25, 0.3) is 0 Å². The summed E-state index contributed by atoms with van der Waals surface area (Å²) in [6.45, 7) is 7.16. The normalized spacial score (nSPS) is 13.1. The summed E-state index contributed by atoms with van der Waals surface area (Å²) in [6, 6.07) is 13.6. The minimum absolute atomic E-state index is 0.0805. The molecule has 2 aromatic carbocycles. The molecule has 0 aromatic heterocycles. The molecule has 0 spiro atoms. The lowest BCUT2D eigenvalue weighted by molar-refractivity contribution is -0.134. The van der Waals surface area contributed by atoms with Gasteiger partial charge in [0.15, 0.2) is 5.71 Å². The summed E-state index contributed by atoms with van der Waals surface area (Å²) in [5, 5.41) is 0. The Bertz CT molecular complexity index is 876. The molecule has 0 heterocycles. The second-order valence-electron chi connectivity index (χ2n) is 6.94. The SMILES string of the molecule is CCOC(=O)/C(=N\[S@](=O)C(C)(C)C)c1ccc(OCc2ccccc2)cc1F. The Balaban J connectivity index is 2.29. The summed E-state index contributed by atoms with van der Waals surface area (Å²) < 4.78 is 40.9. The van der Waals surface area contributed by atoms with E-state index in [1.807, 2.05) is 30.3 Å². The topological polar surface area (TPSA) is 65.0 Å². The second-order valence-corrected chi connectivity index (χ2v) is 8.84. The number of hydrogen-bond acceptors (Lipinski definition) is 4. The van der Waals surface area contributed by atoms with Gasteiger partial charge < -0.3 is 9.47 Å². The smallest absolute Gasteiger partial charge is 0.358 e. The molecule has 28 heavy (non-hydrogen) atoms. The van der Waals surface area contributed by atoms with Gasteiger partial charge in [-0.25, -0.2) is 13.4 Å². The van der Waals surface area contributed by atoms with Gasteiger partial charge in [0, 0.05) is 11.6 Å². The number of benzene rings is 2. The Morgan fingerprint density at radius 1 is 1.14 bits per heavy atom. The predicted molar refractivity (Wildman–Crippen MR) is 108 cm³/mol. The zero-order valence-electron chi connectivity index (χ0n) is 16.4. The third kappa shape index (κ3) is 5.99. The highest BCUT2D eigenvalue weighted by molar-refractivity contribution is 7.85. The first-order valence-corrected chi connectivity index (χ1v) is 9.97. The number of rotatable bonds is 7. The van der Waals surface area contributed by atoms with Crippen molar-refractivity contribution in [3.05, 3.63) is 65.5 Å². The van der Waals surface area contributed by atoms with Crippen LogP contribution in [0.25, 0.3) is 0 Å². The van der Waals surface area contributed by atoms with E-state index in [4.69, 9.17) is 9.47 Å². The maximum absolute atomic E-state index is 14.7. The van der Waals surface area contributed by atoms with Crippen LogP contribution in [0.4, 0.5) is 4.39 Å². The molecule has 2 aromatic rings. The van der Waals surface area contributed by atoms with E-state index < -0.39 is 27.5 Å². The lowest BCUT2D eigenvalue weighted by Crippen LogP contribution is -2.25. The minimum Gasteiger partial charge on any atom is -0.489 e. The Morgan fingerprint density at radius 3 is 2.39 bits per heavy atom. The molecule has 0 unspecified atom stereocenters. The molecule has 0 aliphatic heterocycles. The second kappa shape index (κ2) is 9.59. The first-order valence-electron chi connectivity index (χ1n) is 8.87. The Labute approximate surface area is 167 Å². The van der Waals surface area contributed by atoms with Crippen LogP contribution < -0.4 is 4.74 Å². The van der Waals surface area contributed by atoms with E-state index in [-0.39, 0.29) is 24.5 Å². The average molecular weight is 405 g/mol. The molecule has 0 fully saturated rings. The largest absolute Gasteiger partial charge is 0.489 e. The van der Waals surface area contributed by atoms with Crippen LogP contribution in [0.2, 0.25) is 0 Å². The van der Waals surface area contributed by atoms with Crippen molar-refractivity contribution in [2.45, 2.75) is 39.0 Å². The average Bonchev–Trinajstić information content (AvgIpc) is 2.65. The molecule has 0 aliphatic rings. The molecule has 2 rings (SSSR count). The Hall–Kier alpha value is -2.54. The monoisotopic (exact) mass is 405 g/mol. The van der Waals surface area contributed by atoms with E-state index >= 15 is 0 Å². The van der Waals surface area contributed by atoms with Gasteiger partial charge in [-0.15, -0.1) is 0 Å². The Kier molecular flexibility index (Phi) is 7.45. The fraction of sp³-hybridized carbons (Fsp3) is 0.333. The van der Waals surface area contributed by atoms with Crippen molar-refractivity contribution in [1.82, 2.24) is 0 Å². The summed E-state index contributed by atoms with van der Waals surface area (Å²) in [5.74, 6) is -1.22. The van der Waals surface area contributed by atoms with Gasteiger partial charge in [0.2, 0.25) is 0 Å². The summed E-state index contributed by atoms with van der Waals surface area (Å²) in [6.07, 6.45) is 0. The highest BCUT2D eigenvalue weighted by Crippen LogP contribution is 2.21. The first kappa shape index (κ1) is 21.8. The molecule has 0 amide bonds. The molecule has 1 atom stereocenters. The van der Waals surface area contributed by atoms with Gasteiger partial charge in [-0.05, 0) is 45.4 Å². The third-order valence-corrected chi connectivity index (χ3v) is 5.01. The standard InChI is InChI=1S/C21H24FNO4S/c1-5-26-20(24)19(23-28(25)21(2,3)4)17-12-11-16(13-18(17)22)27-14-15-9-7-6-8-10-15/h6-13H,5,14H2,1-4H3/b23-19-/t28-/m1/s1. The van der Waals surface area contributed by atoms with Gasteiger partial charge in [-0.2, -0.15) is 4.40 Å². The third-order valence-electron chi connectivity index (χ3n) is 3.61. The van der Waals surface area contributed by atoms with Crippen LogP contribution >= 0.6 is 0 Å². The minimum atomic E-state index is -1.74. The number of hydrogen-bond donors (Lipinski definition) is 0. The molecule has 7 heteroatoms. The van der Waals surface area contributed by atoms with Crippen LogP contribution in [-0.2, 0) is 27.1 Å². The number of carbonyl (C=O) groups is 1. The maximum atomic E-state index is 14.7. The van der Waals surface area contributed by atoms with Crippen LogP contribution in [-0.4, -0.2) is 27.2 Å². The lowest BCUT2D eigenvalue weighted by atomic mass is 10.1. The summed E-state index contributed by atoms with van der Waals surface area (Å²) in [4.78, 5) is 12.3. The van der Waals surface area contributed by atoms with E-state index in [1.165, 1.54) is 18.2 Å². The molecular weight excluding hydrogens is 381 g/mol. The predicted octanol–water partition coefficient (Wildman–Crippen LogP) is 4.22. The fourth-order valence-corrected chi connectivity index (χ4v) is 2.75. The number of carbonyl (C=O) groups excluding carboxylic acids is 1. The molecular formula is C21H24FNO4S. The van der Waals surface area contributed by atoms with Crippen LogP contribution in [0.3, 0.4) is 0 Å². The van der Waals surface area contributed by atoms with Crippen LogP contribution in [0.15, 0.2) is 52.9 Å². The van der Waals surface area contributed by atoms with E-state index in [2.05, 4.69) is 4.40 Å². The van der Waals surface area contributed by atoms with Gasteiger partial charge in [-0.1, -0.05) is 30.3 Å². The fourth-order valence-electron chi connectivity index (χ4n) is 2.13. The number of ether oxygens (including phenoxy) is 2. The molecule has 0 radical (unpaired) electrons. The van der Waals surface area contributed by atoms with Crippen LogP contribution in [0.1, 0.15) is 38.8 Å². The van der Waals surface area contributed by atoms with Crippen LogP contribution in [0, 0.1) is 5.82 Å². The number of esters is 1. The van der Waals surface area contributed by atoms with Crippen molar-refractivity contribution in [2.24, 2.45) is 4.40 Å². The molecule has 0 bridgehead atoms. The van der Waals surface area contributed by atoms with E-state index in [1.54, 1.807) is 27.7 Å². The van der Waals surface area contributed by atoms with Gasteiger partial charge in [0.05, 0.1) is 11.4 Å². The van der Waals surface area contributed by atoms with E-state index in [0.29, 0.717) is 5.75 Å². The highest BCUT2D eigenvalue weighted by Gasteiger charge is 2.25. The molecule has 0 aliphatic carbocycles. The van der Waals surface area contributed by atoms with Crippen LogP contribution in [0.5, 0.6) is 5.75 Å². The van der Waals surface area contributed by atoms with E-state index in [0.717, 1.165) is 5.56 Å². The van der Waals surface area contributed by atoms with Gasteiger partial charge in [-0.3, -0.25) is 0 Å². The lowest BCUT2D eigenvalue weighted by Gasteiger charge is -2.15. The Morgan fingerprint density at radius 2 is 1.82 bits per heavy atom. The van der Waals surface area contributed by atoms with Gasteiger partial charge in [0.1, 0.15) is 29.2 Å². The number of halogens is 1.